The first-order chi connectivity index (χ1) is 20.9. The Morgan fingerprint density at radius 3 is 2.07 bits per heavy atom. The zero-order valence-electron chi connectivity index (χ0n) is 23.5. The van der Waals surface area contributed by atoms with Crippen molar-refractivity contribution in [1.82, 2.24) is 10.9 Å². The number of ether oxygens (including phenoxy) is 3. The third kappa shape index (κ3) is 7.86. The van der Waals surface area contributed by atoms with Crippen LogP contribution in [0.15, 0.2) is 77.7 Å². The van der Waals surface area contributed by atoms with Crippen LogP contribution in [0.3, 0.4) is 0 Å². The number of aryl methyl sites for hydroxylation is 1. The standard InChI is InChI=1S/C30H26Cl3N3O7S/c1-17-12-20(8-10-23(17)31)43-16-18-4-6-19(7-5-18)29(37)34-35-30(38)22-13-21(9-11-24(22)32)44(39,40)36-26-14-25(33)27(41-2)15-28(26)42-3/h4-15,36H,16H2,1-3H3,(H,34,37)(H,35,38). The summed E-state index contributed by atoms with van der Waals surface area (Å²) in [7, 11) is -1.47. The quantitative estimate of drug-likeness (QED) is 0.165. The van der Waals surface area contributed by atoms with Gasteiger partial charge in [-0.1, -0.05) is 46.9 Å². The molecule has 14 heteroatoms. The highest BCUT2D eigenvalue weighted by atomic mass is 35.5. The highest BCUT2D eigenvalue weighted by molar-refractivity contribution is 7.92. The summed E-state index contributed by atoms with van der Waals surface area (Å²) in [4.78, 5) is 25.2. The summed E-state index contributed by atoms with van der Waals surface area (Å²) >= 11 is 18.4. The number of carbonyl (C=O) groups excluding carboxylic acids is 2. The molecule has 0 aliphatic carbocycles. The molecule has 0 saturated heterocycles. The maximum atomic E-state index is 13.2. The second kappa shape index (κ2) is 14.1. The highest BCUT2D eigenvalue weighted by Gasteiger charge is 2.22. The molecule has 4 rings (SSSR count). The number of anilines is 1. The summed E-state index contributed by atoms with van der Waals surface area (Å²) in [5.41, 5.74) is 6.36. The van der Waals surface area contributed by atoms with Gasteiger partial charge in [-0.3, -0.25) is 25.2 Å². The number of carbonyl (C=O) groups is 2. The molecule has 0 aliphatic rings. The van der Waals surface area contributed by atoms with E-state index in [4.69, 9.17) is 49.0 Å². The van der Waals surface area contributed by atoms with E-state index in [2.05, 4.69) is 15.6 Å². The van der Waals surface area contributed by atoms with E-state index < -0.39 is 21.8 Å². The van der Waals surface area contributed by atoms with Gasteiger partial charge in [0.05, 0.1) is 40.4 Å². The Hall–Kier alpha value is -4.16. The van der Waals surface area contributed by atoms with Crippen LogP contribution in [0.2, 0.25) is 15.1 Å². The van der Waals surface area contributed by atoms with Gasteiger partial charge in [0, 0.05) is 16.7 Å². The monoisotopic (exact) mass is 677 g/mol. The number of amides is 2. The zero-order valence-corrected chi connectivity index (χ0v) is 26.6. The van der Waals surface area contributed by atoms with Crippen molar-refractivity contribution in [3.63, 3.8) is 0 Å². The second-order valence-electron chi connectivity index (χ2n) is 9.24. The van der Waals surface area contributed by atoms with E-state index in [-0.39, 0.29) is 49.9 Å². The molecule has 44 heavy (non-hydrogen) atoms. The Kier molecular flexibility index (Phi) is 10.5. The minimum atomic E-state index is -4.23. The number of methoxy groups -OCH3 is 2. The van der Waals surface area contributed by atoms with Gasteiger partial charge in [0.15, 0.2) is 0 Å². The third-order valence-electron chi connectivity index (χ3n) is 6.25. The number of nitrogens with one attached hydrogen (secondary N) is 3. The van der Waals surface area contributed by atoms with Gasteiger partial charge in [0.25, 0.3) is 21.8 Å². The fourth-order valence-corrected chi connectivity index (χ4v) is 5.52. The van der Waals surface area contributed by atoms with Crippen LogP contribution < -0.4 is 29.8 Å². The largest absolute Gasteiger partial charge is 0.495 e. The van der Waals surface area contributed by atoms with Crippen molar-refractivity contribution >= 4 is 62.3 Å². The molecule has 0 aliphatic heterocycles. The molecule has 3 N–H and O–H groups in total. The molecule has 0 aromatic heterocycles. The predicted molar refractivity (Wildman–Crippen MR) is 169 cm³/mol. The number of sulfonamides is 1. The first-order valence-corrected chi connectivity index (χ1v) is 15.4. The minimum absolute atomic E-state index is 0.0407. The SMILES string of the molecule is COc1cc(OC)c(NS(=O)(=O)c2ccc(Cl)c(C(=O)NNC(=O)c3ccc(COc4ccc(Cl)c(C)c4)cc3)c2)cc1Cl. The Balaban J connectivity index is 1.40. The van der Waals surface area contributed by atoms with Crippen molar-refractivity contribution < 1.29 is 32.2 Å². The van der Waals surface area contributed by atoms with Crippen LogP contribution in [0.1, 0.15) is 31.8 Å². The van der Waals surface area contributed by atoms with E-state index in [0.717, 1.165) is 17.2 Å². The van der Waals surface area contributed by atoms with Crippen molar-refractivity contribution in [3.8, 4) is 17.2 Å². The van der Waals surface area contributed by atoms with E-state index in [1.165, 1.54) is 38.5 Å². The smallest absolute Gasteiger partial charge is 0.271 e. The molecule has 0 saturated carbocycles. The van der Waals surface area contributed by atoms with Gasteiger partial charge >= 0.3 is 0 Å². The molecular weight excluding hydrogens is 653 g/mol. The average molecular weight is 679 g/mol. The average Bonchev–Trinajstić information content (AvgIpc) is 3.00. The van der Waals surface area contributed by atoms with Gasteiger partial charge in [0.1, 0.15) is 23.9 Å². The highest BCUT2D eigenvalue weighted by Crippen LogP contribution is 2.37. The first-order valence-electron chi connectivity index (χ1n) is 12.7. The summed E-state index contributed by atoms with van der Waals surface area (Å²) < 4.78 is 44.8. The topological polar surface area (TPSA) is 132 Å². The van der Waals surface area contributed by atoms with Gasteiger partial charge in [-0.05, 0) is 72.6 Å². The molecule has 2 amide bonds. The Labute approximate surface area is 269 Å². The maximum Gasteiger partial charge on any atom is 0.271 e. The van der Waals surface area contributed by atoms with Crippen LogP contribution in [-0.4, -0.2) is 34.5 Å². The van der Waals surface area contributed by atoms with E-state index >= 15 is 0 Å². The van der Waals surface area contributed by atoms with Crippen LogP contribution in [0.25, 0.3) is 0 Å². The number of hydrogen-bond acceptors (Lipinski definition) is 7. The lowest BCUT2D eigenvalue weighted by atomic mass is 10.1. The van der Waals surface area contributed by atoms with E-state index in [0.29, 0.717) is 10.8 Å². The van der Waals surface area contributed by atoms with Gasteiger partial charge < -0.3 is 14.2 Å². The molecule has 0 radical (unpaired) electrons. The maximum absolute atomic E-state index is 13.2. The molecule has 4 aromatic rings. The lowest BCUT2D eigenvalue weighted by molar-refractivity contribution is 0.0846. The van der Waals surface area contributed by atoms with Crippen molar-refractivity contribution in [1.29, 1.82) is 0 Å². The predicted octanol–water partition coefficient (Wildman–Crippen LogP) is 6.43. The number of hydrazine groups is 1. The molecule has 0 fully saturated rings. The molecule has 0 heterocycles. The third-order valence-corrected chi connectivity index (χ3v) is 8.66. The Morgan fingerprint density at radius 2 is 1.41 bits per heavy atom. The minimum Gasteiger partial charge on any atom is -0.495 e. The van der Waals surface area contributed by atoms with Gasteiger partial charge in [0.2, 0.25) is 0 Å². The molecule has 0 unspecified atom stereocenters. The molecule has 230 valence electrons. The molecule has 10 nitrogen and oxygen atoms in total. The Morgan fingerprint density at radius 1 is 0.750 bits per heavy atom. The van der Waals surface area contributed by atoms with E-state index in [9.17, 15) is 18.0 Å². The molecular formula is C30H26Cl3N3O7S. The van der Waals surface area contributed by atoms with Gasteiger partial charge in [-0.2, -0.15) is 0 Å². The normalized spacial score (nSPS) is 11.0. The molecule has 0 bridgehead atoms. The van der Waals surface area contributed by atoms with Crippen LogP contribution in [-0.2, 0) is 16.6 Å². The van der Waals surface area contributed by atoms with Gasteiger partial charge in [-0.25, -0.2) is 8.42 Å². The summed E-state index contributed by atoms with van der Waals surface area (Å²) in [6, 6.07) is 18.2. The van der Waals surface area contributed by atoms with E-state index in [1.807, 2.05) is 13.0 Å². The molecule has 0 spiro atoms. The fourth-order valence-electron chi connectivity index (χ4n) is 3.87. The van der Waals surface area contributed by atoms with Crippen LogP contribution in [0, 0.1) is 6.92 Å². The molecule has 4 aromatic carbocycles. The van der Waals surface area contributed by atoms with Crippen molar-refractivity contribution in [2.24, 2.45) is 0 Å². The summed E-state index contributed by atoms with van der Waals surface area (Å²) in [5.74, 6) is -0.347. The number of benzene rings is 4. The van der Waals surface area contributed by atoms with Crippen molar-refractivity contribution in [2.45, 2.75) is 18.4 Å². The molecule has 0 atom stereocenters. The van der Waals surface area contributed by atoms with Gasteiger partial charge in [-0.15, -0.1) is 0 Å². The lowest BCUT2D eigenvalue weighted by Crippen LogP contribution is -2.41. The lowest BCUT2D eigenvalue weighted by Gasteiger charge is -2.15. The number of rotatable bonds is 10. The van der Waals surface area contributed by atoms with Crippen molar-refractivity contribution in [3.05, 3.63) is 110 Å². The van der Waals surface area contributed by atoms with Crippen LogP contribution in [0.4, 0.5) is 5.69 Å². The van der Waals surface area contributed by atoms with E-state index in [1.54, 1.807) is 36.4 Å². The van der Waals surface area contributed by atoms with Crippen LogP contribution >= 0.6 is 34.8 Å². The Bertz CT molecular complexity index is 1820. The summed E-state index contributed by atoms with van der Waals surface area (Å²) in [6.07, 6.45) is 0. The summed E-state index contributed by atoms with van der Waals surface area (Å²) in [6.45, 7) is 2.15. The van der Waals surface area contributed by atoms with Crippen molar-refractivity contribution in [2.75, 3.05) is 18.9 Å². The van der Waals surface area contributed by atoms with Crippen LogP contribution in [0.5, 0.6) is 17.2 Å². The number of hydrogen-bond donors (Lipinski definition) is 3. The first kappa shape index (κ1) is 32.7. The summed E-state index contributed by atoms with van der Waals surface area (Å²) in [5, 5.41) is 0.753. The number of halogens is 3. The second-order valence-corrected chi connectivity index (χ2v) is 12.1. The fraction of sp³-hybridized carbons (Fsp3) is 0.133. The zero-order chi connectivity index (χ0) is 32.0.